The van der Waals surface area contributed by atoms with Crippen molar-refractivity contribution >= 4 is 39.1 Å². The zero-order valence-corrected chi connectivity index (χ0v) is 17.6. The normalized spacial score (nSPS) is 13.9. The minimum absolute atomic E-state index is 0.0201. The van der Waals surface area contributed by atoms with E-state index >= 15 is 0 Å². The fourth-order valence-corrected chi connectivity index (χ4v) is 4.65. The summed E-state index contributed by atoms with van der Waals surface area (Å²) in [4.78, 5) is 12.2. The van der Waals surface area contributed by atoms with Crippen LogP contribution in [0, 0.1) is 5.82 Å². The smallest absolute Gasteiger partial charge is 0.252 e. The molecular formula is C19H19Cl2FN2O4S. The molecule has 1 aliphatic rings. The zero-order valence-electron chi connectivity index (χ0n) is 15.3. The van der Waals surface area contributed by atoms with Crippen LogP contribution in [-0.2, 0) is 10.0 Å². The molecule has 0 heterocycles. The molecule has 6 nitrogen and oxygen atoms in total. The SMILES string of the molecule is O=C(NCCCOc1ccc(F)cc1)c1cc(S(=O)(=O)NC2CC2)c(Cl)cc1Cl. The summed E-state index contributed by atoms with van der Waals surface area (Å²) >= 11 is 12.1. The summed E-state index contributed by atoms with van der Waals surface area (Å²) in [5, 5.41) is 2.67. The van der Waals surface area contributed by atoms with Crippen molar-refractivity contribution in [2.75, 3.05) is 13.2 Å². The molecule has 29 heavy (non-hydrogen) atoms. The minimum atomic E-state index is -3.83. The van der Waals surface area contributed by atoms with Crippen molar-refractivity contribution in [3.05, 3.63) is 57.8 Å². The van der Waals surface area contributed by atoms with Crippen LogP contribution in [0.4, 0.5) is 4.39 Å². The third kappa shape index (κ3) is 6.05. The highest BCUT2D eigenvalue weighted by Crippen LogP contribution is 2.30. The van der Waals surface area contributed by atoms with Gasteiger partial charge in [0.25, 0.3) is 5.91 Å². The molecule has 10 heteroatoms. The maximum absolute atomic E-state index is 12.8. The quantitative estimate of drug-likeness (QED) is 0.557. The Hall–Kier alpha value is -1.87. The van der Waals surface area contributed by atoms with E-state index in [0.717, 1.165) is 12.8 Å². The summed E-state index contributed by atoms with van der Waals surface area (Å²) in [5.41, 5.74) is 0.0201. The topological polar surface area (TPSA) is 84.5 Å². The van der Waals surface area contributed by atoms with Crippen LogP contribution in [-0.4, -0.2) is 33.5 Å². The predicted molar refractivity (Wildman–Crippen MR) is 109 cm³/mol. The number of amides is 1. The number of benzene rings is 2. The van der Waals surface area contributed by atoms with Gasteiger partial charge in [-0.25, -0.2) is 17.5 Å². The number of halogens is 3. The Bertz CT molecular complexity index is 996. The van der Waals surface area contributed by atoms with Gasteiger partial charge in [-0.1, -0.05) is 23.2 Å². The van der Waals surface area contributed by atoms with Crippen molar-refractivity contribution in [2.45, 2.75) is 30.2 Å². The molecule has 2 aromatic carbocycles. The lowest BCUT2D eigenvalue weighted by molar-refractivity contribution is 0.0951. The van der Waals surface area contributed by atoms with E-state index in [-0.39, 0.29) is 38.9 Å². The van der Waals surface area contributed by atoms with Gasteiger partial charge in [-0.3, -0.25) is 4.79 Å². The van der Waals surface area contributed by atoms with Gasteiger partial charge in [0, 0.05) is 12.6 Å². The monoisotopic (exact) mass is 460 g/mol. The summed E-state index contributed by atoms with van der Waals surface area (Å²) in [6, 6.07) is 7.95. The molecule has 0 aromatic heterocycles. The molecule has 0 unspecified atom stereocenters. The lowest BCUT2D eigenvalue weighted by Crippen LogP contribution is -2.28. The molecule has 1 fully saturated rings. The fourth-order valence-electron chi connectivity index (χ4n) is 2.48. The van der Waals surface area contributed by atoms with Gasteiger partial charge in [-0.15, -0.1) is 0 Å². The maximum atomic E-state index is 12.8. The van der Waals surface area contributed by atoms with Crippen LogP contribution < -0.4 is 14.8 Å². The Kier molecular flexibility index (Phi) is 7.00. The van der Waals surface area contributed by atoms with Crippen molar-refractivity contribution in [1.29, 1.82) is 0 Å². The summed E-state index contributed by atoms with van der Waals surface area (Å²) in [5.74, 6) is -0.342. The van der Waals surface area contributed by atoms with Gasteiger partial charge in [0.2, 0.25) is 10.0 Å². The highest BCUT2D eigenvalue weighted by atomic mass is 35.5. The Morgan fingerprint density at radius 1 is 1.14 bits per heavy atom. The number of ether oxygens (including phenoxy) is 1. The second-order valence-electron chi connectivity index (χ2n) is 6.57. The average molecular weight is 461 g/mol. The first kappa shape index (κ1) is 21.8. The van der Waals surface area contributed by atoms with E-state index in [9.17, 15) is 17.6 Å². The first-order valence-electron chi connectivity index (χ1n) is 8.94. The van der Waals surface area contributed by atoms with Gasteiger partial charge in [-0.05, 0) is 55.7 Å². The number of rotatable bonds is 9. The standard InChI is InChI=1S/C19H19Cl2FN2O4S/c20-16-11-17(21)18(29(26,27)24-13-4-5-13)10-15(16)19(25)23-8-1-9-28-14-6-2-12(22)3-7-14/h2-3,6-7,10-11,13,24H,1,4-5,8-9H2,(H,23,25). The first-order chi connectivity index (χ1) is 13.8. The van der Waals surface area contributed by atoms with Gasteiger partial charge in [0.05, 0.1) is 22.2 Å². The van der Waals surface area contributed by atoms with Crippen molar-refractivity contribution in [3.8, 4) is 5.75 Å². The van der Waals surface area contributed by atoms with Gasteiger partial charge < -0.3 is 10.1 Å². The molecule has 3 rings (SSSR count). The van der Waals surface area contributed by atoms with E-state index < -0.39 is 15.9 Å². The van der Waals surface area contributed by atoms with E-state index in [0.29, 0.717) is 18.8 Å². The van der Waals surface area contributed by atoms with Crippen LogP contribution in [0.5, 0.6) is 5.75 Å². The maximum Gasteiger partial charge on any atom is 0.252 e. The van der Waals surface area contributed by atoms with E-state index in [4.69, 9.17) is 27.9 Å². The Morgan fingerprint density at radius 2 is 1.83 bits per heavy atom. The molecule has 1 saturated carbocycles. The third-order valence-corrected chi connectivity index (χ3v) is 6.44. The number of hydrogen-bond acceptors (Lipinski definition) is 4. The molecule has 0 radical (unpaired) electrons. The van der Waals surface area contributed by atoms with Gasteiger partial charge in [0.15, 0.2) is 0 Å². The molecule has 156 valence electrons. The second-order valence-corrected chi connectivity index (χ2v) is 9.07. The van der Waals surface area contributed by atoms with Crippen molar-refractivity contribution in [3.63, 3.8) is 0 Å². The van der Waals surface area contributed by atoms with Crippen LogP contribution in [0.3, 0.4) is 0 Å². The number of nitrogens with one attached hydrogen (secondary N) is 2. The van der Waals surface area contributed by atoms with E-state index in [1.807, 2.05) is 0 Å². The number of carbonyl (C=O) groups is 1. The number of sulfonamides is 1. The molecule has 0 saturated heterocycles. The predicted octanol–water partition coefficient (Wildman–Crippen LogP) is 3.77. The highest BCUT2D eigenvalue weighted by molar-refractivity contribution is 7.89. The van der Waals surface area contributed by atoms with E-state index in [2.05, 4.69) is 10.0 Å². The lowest BCUT2D eigenvalue weighted by atomic mass is 10.2. The van der Waals surface area contributed by atoms with Gasteiger partial charge in [-0.2, -0.15) is 0 Å². The Labute approximate surface area is 178 Å². The van der Waals surface area contributed by atoms with Crippen LogP contribution in [0.2, 0.25) is 10.0 Å². The molecule has 2 N–H and O–H groups in total. The summed E-state index contributed by atoms with van der Waals surface area (Å²) in [6.07, 6.45) is 2.04. The summed E-state index contributed by atoms with van der Waals surface area (Å²) in [7, 11) is -3.83. The van der Waals surface area contributed by atoms with Crippen LogP contribution in [0.25, 0.3) is 0 Å². The number of hydrogen-bond donors (Lipinski definition) is 2. The lowest BCUT2D eigenvalue weighted by Gasteiger charge is -2.12. The zero-order chi connectivity index (χ0) is 21.0. The Morgan fingerprint density at radius 3 is 2.48 bits per heavy atom. The first-order valence-corrected chi connectivity index (χ1v) is 11.2. The molecule has 0 bridgehead atoms. The number of carbonyl (C=O) groups excluding carboxylic acids is 1. The van der Waals surface area contributed by atoms with E-state index in [1.165, 1.54) is 36.4 Å². The molecule has 0 atom stereocenters. The van der Waals surface area contributed by atoms with Crippen LogP contribution in [0.15, 0.2) is 41.3 Å². The average Bonchev–Trinajstić information content (AvgIpc) is 3.46. The van der Waals surface area contributed by atoms with Crippen LogP contribution >= 0.6 is 23.2 Å². The molecule has 1 aliphatic carbocycles. The third-order valence-electron chi connectivity index (χ3n) is 4.14. The summed E-state index contributed by atoms with van der Waals surface area (Å²) < 4.78 is 45.7. The van der Waals surface area contributed by atoms with Crippen molar-refractivity contribution in [1.82, 2.24) is 10.0 Å². The van der Waals surface area contributed by atoms with Crippen molar-refractivity contribution in [2.24, 2.45) is 0 Å². The van der Waals surface area contributed by atoms with Crippen LogP contribution in [0.1, 0.15) is 29.6 Å². The molecule has 0 spiro atoms. The van der Waals surface area contributed by atoms with Gasteiger partial charge >= 0.3 is 0 Å². The van der Waals surface area contributed by atoms with Gasteiger partial charge in [0.1, 0.15) is 16.5 Å². The van der Waals surface area contributed by atoms with E-state index in [1.54, 1.807) is 0 Å². The summed E-state index contributed by atoms with van der Waals surface area (Å²) in [6.45, 7) is 0.590. The molecular weight excluding hydrogens is 442 g/mol. The largest absolute Gasteiger partial charge is 0.494 e. The minimum Gasteiger partial charge on any atom is -0.494 e. The Balaban J connectivity index is 1.57. The van der Waals surface area contributed by atoms with Crippen molar-refractivity contribution < 1.29 is 22.3 Å². The second kappa shape index (κ2) is 9.30. The molecule has 0 aliphatic heterocycles. The molecule has 2 aromatic rings. The molecule has 1 amide bonds. The highest BCUT2D eigenvalue weighted by Gasteiger charge is 2.30. The fraction of sp³-hybridized carbons (Fsp3) is 0.316.